The van der Waals surface area contributed by atoms with E-state index in [2.05, 4.69) is 15.3 Å². The molecule has 2 N–H and O–H groups in total. The summed E-state index contributed by atoms with van der Waals surface area (Å²) in [5.41, 5.74) is -0.426. The zero-order valence-corrected chi connectivity index (χ0v) is 21.0. The minimum absolute atomic E-state index is 0.166. The third-order valence-corrected chi connectivity index (χ3v) is 6.39. The van der Waals surface area contributed by atoms with Crippen molar-refractivity contribution in [3.63, 3.8) is 0 Å². The number of amides is 2. The molecule has 40 heavy (non-hydrogen) atoms. The van der Waals surface area contributed by atoms with Gasteiger partial charge < -0.3 is 24.6 Å². The SMILES string of the molecule is O=C(Nc1ccc(N2CCN(C(=O)[C@H](O)c3ccccc3)CC2)nc1)c1oc(-c2ccccc2)nc1C(F)(F)F. The second-order valence-corrected chi connectivity index (χ2v) is 9.05. The van der Waals surface area contributed by atoms with Gasteiger partial charge in [-0.2, -0.15) is 13.2 Å². The highest BCUT2D eigenvalue weighted by Gasteiger charge is 2.41. The van der Waals surface area contributed by atoms with Crippen molar-refractivity contribution in [2.75, 3.05) is 36.4 Å². The number of alkyl halides is 3. The van der Waals surface area contributed by atoms with Gasteiger partial charge in [-0.3, -0.25) is 9.59 Å². The zero-order valence-electron chi connectivity index (χ0n) is 21.0. The molecule has 3 heterocycles. The molecule has 1 aliphatic rings. The number of hydrogen-bond acceptors (Lipinski definition) is 7. The fourth-order valence-corrected chi connectivity index (χ4v) is 4.31. The lowest BCUT2D eigenvalue weighted by Gasteiger charge is -2.36. The van der Waals surface area contributed by atoms with E-state index in [9.17, 15) is 27.9 Å². The van der Waals surface area contributed by atoms with Crippen molar-refractivity contribution in [2.24, 2.45) is 0 Å². The molecule has 0 radical (unpaired) electrons. The number of aliphatic hydroxyl groups is 1. The van der Waals surface area contributed by atoms with Crippen LogP contribution in [0.5, 0.6) is 0 Å². The summed E-state index contributed by atoms with van der Waals surface area (Å²) < 4.78 is 46.0. The topological polar surface area (TPSA) is 112 Å². The number of hydrogen-bond donors (Lipinski definition) is 2. The van der Waals surface area contributed by atoms with E-state index < -0.39 is 29.6 Å². The number of oxazole rings is 1. The molecular formula is C28H24F3N5O4. The smallest absolute Gasteiger partial charge is 0.430 e. The molecule has 2 aromatic heterocycles. The minimum Gasteiger partial charge on any atom is -0.430 e. The quantitative estimate of drug-likeness (QED) is 0.366. The number of aromatic nitrogens is 2. The Kier molecular flexibility index (Phi) is 7.52. The van der Waals surface area contributed by atoms with Gasteiger partial charge in [-0.1, -0.05) is 48.5 Å². The van der Waals surface area contributed by atoms with Crippen molar-refractivity contribution in [3.05, 3.63) is 96.0 Å². The fraction of sp³-hybridized carbons (Fsp3) is 0.214. The predicted octanol–water partition coefficient (Wildman–Crippen LogP) is 4.39. The molecule has 0 spiro atoms. The van der Waals surface area contributed by atoms with E-state index in [4.69, 9.17) is 4.42 Å². The summed E-state index contributed by atoms with van der Waals surface area (Å²) in [5, 5.41) is 12.8. The molecule has 4 aromatic rings. The first-order valence-electron chi connectivity index (χ1n) is 12.4. The van der Waals surface area contributed by atoms with Gasteiger partial charge in [0.2, 0.25) is 11.7 Å². The van der Waals surface area contributed by atoms with Crippen LogP contribution in [0, 0.1) is 0 Å². The highest BCUT2D eigenvalue weighted by Crippen LogP contribution is 2.35. The average Bonchev–Trinajstić information content (AvgIpc) is 3.45. The van der Waals surface area contributed by atoms with Crippen LogP contribution in [-0.2, 0) is 11.0 Å². The number of nitrogens with zero attached hydrogens (tertiary/aromatic N) is 4. The molecule has 5 rings (SSSR count). The van der Waals surface area contributed by atoms with E-state index in [0.29, 0.717) is 43.1 Å². The van der Waals surface area contributed by atoms with E-state index >= 15 is 0 Å². The van der Waals surface area contributed by atoms with Gasteiger partial charge in [0.05, 0.1) is 11.9 Å². The lowest BCUT2D eigenvalue weighted by atomic mass is 10.1. The number of rotatable bonds is 6. The lowest BCUT2D eigenvalue weighted by molar-refractivity contribution is -0.142. The number of piperazine rings is 1. The van der Waals surface area contributed by atoms with Crippen molar-refractivity contribution in [3.8, 4) is 11.5 Å². The van der Waals surface area contributed by atoms with Gasteiger partial charge in [0, 0.05) is 31.7 Å². The second kappa shape index (κ2) is 11.2. The van der Waals surface area contributed by atoms with Crippen molar-refractivity contribution >= 4 is 23.3 Å². The van der Waals surface area contributed by atoms with Crippen LogP contribution in [0.15, 0.2) is 83.4 Å². The Hall–Kier alpha value is -4.71. The van der Waals surface area contributed by atoms with Gasteiger partial charge in [-0.15, -0.1) is 0 Å². The molecule has 2 amide bonds. The zero-order chi connectivity index (χ0) is 28.3. The van der Waals surface area contributed by atoms with Gasteiger partial charge >= 0.3 is 6.18 Å². The van der Waals surface area contributed by atoms with Crippen LogP contribution in [0.2, 0.25) is 0 Å². The maximum Gasteiger partial charge on any atom is 0.437 e. The van der Waals surface area contributed by atoms with Crippen LogP contribution < -0.4 is 10.2 Å². The van der Waals surface area contributed by atoms with Crippen molar-refractivity contribution in [1.29, 1.82) is 0 Å². The summed E-state index contributed by atoms with van der Waals surface area (Å²) in [4.78, 5) is 36.8. The minimum atomic E-state index is -4.90. The summed E-state index contributed by atoms with van der Waals surface area (Å²) in [5.74, 6) is -2.19. The average molecular weight is 552 g/mol. The molecule has 9 nitrogen and oxygen atoms in total. The van der Waals surface area contributed by atoms with E-state index in [-0.39, 0.29) is 17.5 Å². The van der Waals surface area contributed by atoms with E-state index in [1.807, 2.05) is 4.90 Å². The number of carbonyl (C=O) groups excluding carboxylic acids is 2. The highest BCUT2D eigenvalue weighted by molar-refractivity contribution is 6.03. The Morgan fingerprint density at radius 2 is 1.57 bits per heavy atom. The van der Waals surface area contributed by atoms with Gasteiger partial charge in [0.25, 0.3) is 11.8 Å². The molecule has 0 saturated carbocycles. The maximum absolute atomic E-state index is 13.6. The monoisotopic (exact) mass is 551 g/mol. The Balaban J connectivity index is 1.22. The Morgan fingerprint density at radius 1 is 0.925 bits per heavy atom. The number of nitrogens with one attached hydrogen (secondary N) is 1. The molecule has 12 heteroatoms. The Bertz CT molecular complexity index is 1470. The lowest BCUT2D eigenvalue weighted by Crippen LogP contribution is -2.50. The largest absolute Gasteiger partial charge is 0.437 e. The number of aliphatic hydroxyl groups excluding tert-OH is 1. The summed E-state index contributed by atoms with van der Waals surface area (Å²) in [6.07, 6.45) is -4.81. The third kappa shape index (κ3) is 5.81. The van der Waals surface area contributed by atoms with Crippen molar-refractivity contribution in [1.82, 2.24) is 14.9 Å². The number of halogens is 3. The number of carbonyl (C=O) groups is 2. The number of benzene rings is 2. The molecule has 1 saturated heterocycles. The van der Waals surface area contributed by atoms with Gasteiger partial charge in [-0.25, -0.2) is 9.97 Å². The maximum atomic E-state index is 13.6. The Morgan fingerprint density at radius 3 is 2.17 bits per heavy atom. The van der Waals surface area contributed by atoms with Gasteiger partial charge in [-0.05, 0) is 29.8 Å². The fourth-order valence-electron chi connectivity index (χ4n) is 4.31. The van der Waals surface area contributed by atoms with Crippen molar-refractivity contribution in [2.45, 2.75) is 12.3 Å². The van der Waals surface area contributed by atoms with Crippen LogP contribution >= 0.6 is 0 Å². The first-order valence-corrected chi connectivity index (χ1v) is 12.4. The second-order valence-electron chi connectivity index (χ2n) is 9.05. The first-order chi connectivity index (χ1) is 19.2. The molecular weight excluding hydrogens is 527 g/mol. The van der Waals surface area contributed by atoms with Crippen LogP contribution in [0.1, 0.15) is 27.9 Å². The summed E-state index contributed by atoms with van der Waals surface area (Å²) >= 11 is 0. The summed E-state index contributed by atoms with van der Waals surface area (Å²) in [6, 6.07) is 19.8. The molecule has 0 aliphatic carbocycles. The standard InChI is InChI=1S/C28H24F3N5O4/c29-28(30,31)24-23(40-26(34-24)19-9-5-2-6-10-19)25(38)33-20-11-12-21(32-17-20)35-13-15-36(16-14-35)27(39)22(37)18-7-3-1-4-8-18/h1-12,17,22,37H,13-16H2,(H,33,38)/t22-/m1/s1. The number of pyridine rings is 1. The van der Waals surface area contributed by atoms with Crippen LogP contribution in [0.25, 0.3) is 11.5 Å². The molecule has 1 atom stereocenters. The summed E-state index contributed by atoms with van der Waals surface area (Å²) in [7, 11) is 0. The van der Waals surface area contributed by atoms with Crippen LogP contribution in [-0.4, -0.2) is 58.0 Å². The van der Waals surface area contributed by atoms with Gasteiger partial charge in [0.1, 0.15) is 5.82 Å². The molecule has 0 bridgehead atoms. The molecule has 206 valence electrons. The van der Waals surface area contributed by atoms with Crippen molar-refractivity contribution < 1.29 is 32.3 Å². The van der Waals surface area contributed by atoms with E-state index in [0.717, 1.165) is 0 Å². The number of anilines is 2. The summed E-state index contributed by atoms with van der Waals surface area (Å²) in [6.45, 7) is 1.67. The molecule has 1 aliphatic heterocycles. The first kappa shape index (κ1) is 26.9. The highest BCUT2D eigenvalue weighted by atomic mass is 19.4. The normalized spacial score (nSPS) is 14.6. The molecule has 2 aromatic carbocycles. The predicted molar refractivity (Wildman–Crippen MR) is 139 cm³/mol. The Labute approximate surface area is 226 Å². The molecule has 1 fully saturated rings. The molecule has 0 unspecified atom stereocenters. The van der Waals surface area contributed by atoms with Gasteiger partial charge in [0.15, 0.2) is 11.8 Å². The van der Waals surface area contributed by atoms with E-state index in [1.165, 1.54) is 24.4 Å². The van der Waals surface area contributed by atoms with E-state index in [1.54, 1.807) is 59.5 Å². The third-order valence-electron chi connectivity index (χ3n) is 6.39. The van der Waals surface area contributed by atoms with Crippen LogP contribution in [0.3, 0.4) is 0 Å². The van der Waals surface area contributed by atoms with Crippen LogP contribution in [0.4, 0.5) is 24.7 Å².